The van der Waals surface area contributed by atoms with Crippen molar-refractivity contribution in [2.75, 3.05) is 26.2 Å². The maximum atomic E-state index is 2.33. The molecule has 1 nitrogen and oxygen atoms in total. The fourth-order valence-corrected chi connectivity index (χ4v) is 2.95. The lowest BCUT2D eigenvalue weighted by Crippen LogP contribution is -2.58. The maximum absolute atomic E-state index is 2.33. The Hall–Kier alpha value is -0.0400. The van der Waals surface area contributed by atoms with Gasteiger partial charge >= 0.3 is 0 Å². The molecule has 64 valence electrons. The Morgan fingerprint density at radius 1 is 1.09 bits per heavy atom. The van der Waals surface area contributed by atoms with Gasteiger partial charge in [0.25, 0.3) is 0 Å². The normalized spacial score (nSPS) is 42.8. The molecular formula is C10H20N+. The van der Waals surface area contributed by atoms with E-state index in [1.165, 1.54) is 56.3 Å². The summed E-state index contributed by atoms with van der Waals surface area (Å²) in [4.78, 5) is 0. The Morgan fingerprint density at radius 3 is 2.09 bits per heavy atom. The molecule has 3 heterocycles. The Morgan fingerprint density at radius 2 is 1.64 bits per heavy atom. The van der Waals surface area contributed by atoms with Crippen LogP contribution in [0.3, 0.4) is 0 Å². The van der Waals surface area contributed by atoms with Crippen molar-refractivity contribution in [3.05, 3.63) is 0 Å². The topological polar surface area (TPSA) is 0 Å². The summed E-state index contributed by atoms with van der Waals surface area (Å²) in [5, 5.41) is 0. The minimum Gasteiger partial charge on any atom is -0.324 e. The molecule has 3 saturated heterocycles. The van der Waals surface area contributed by atoms with Gasteiger partial charge < -0.3 is 4.48 Å². The molecule has 0 spiro atoms. The largest absolute Gasteiger partial charge is 0.324 e. The smallest absolute Gasteiger partial charge is 0.0789 e. The molecule has 0 N–H and O–H groups in total. The van der Waals surface area contributed by atoms with E-state index >= 15 is 0 Å². The summed E-state index contributed by atoms with van der Waals surface area (Å²) in [7, 11) is 0. The summed E-state index contributed by atoms with van der Waals surface area (Å²) in [5.41, 5.74) is 0. The van der Waals surface area contributed by atoms with Crippen LogP contribution >= 0.6 is 0 Å². The van der Waals surface area contributed by atoms with E-state index in [9.17, 15) is 0 Å². The van der Waals surface area contributed by atoms with Crippen molar-refractivity contribution >= 4 is 0 Å². The molecular weight excluding hydrogens is 134 g/mol. The highest BCUT2D eigenvalue weighted by Gasteiger charge is 2.38. The zero-order valence-electron chi connectivity index (χ0n) is 7.68. The van der Waals surface area contributed by atoms with Gasteiger partial charge in [0.15, 0.2) is 0 Å². The van der Waals surface area contributed by atoms with Crippen molar-refractivity contribution in [2.45, 2.75) is 32.6 Å². The molecule has 3 aliphatic rings. The number of quaternary nitrogens is 1. The molecule has 0 amide bonds. The third-order valence-corrected chi connectivity index (χ3v) is 3.73. The lowest BCUT2D eigenvalue weighted by molar-refractivity contribution is -0.942. The van der Waals surface area contributed by atoms with Gasteiger partial charge in [-0.3, -0.25) is 0 Å². The molecule has 1 heteroatoms. The molecule has 0 saturated carbocycles. The standard InChI is InChI=1S/C10H20N/c1-2-6-11-7-3-10(4-8-11)5-9-11/h10H,2-9H2,1H3/q+1. The zero-order chi connectivity index (χ0) is 7.73. The van der Waals surface area contributed by atoms with E-state index in [0.717, 1.165) is 5.92 Å². The number of piperidine rings is 3. The average Bonchev–Trinajstić information content (AvgIpc) is 2.07. The molecule has 0 radical (unpaired) electrons. The minimum atomic E-state index is 1.12. The monoisotopic (exact) mass is 154 g/mol. The summed E-state index contributed by atoms with van der Waals surface area (Å²) in [6, 6.07) is 0. The highest BCUT2D eigenvalue weighted by atomic mass is 15.4. The molecule has 3 aliphatic heterocycles. The molecule has 0 aliphatic carbocycles. The summed E-state index contributed by atoms with van der Waals surface area (Å²) in [6.45, 7) is 8.27. The lowest BCUT2D eigenvalue weighted by Gasteiger charge is -2.49. The van der Waals surface area contributed by atoms with Crippen LogP contribution < -0.4 is 0 Å². The molecule has 0 atom stereocenters. The van der Waals surface area contributed by atoms with Crippen LogP contribution in [0.5, 0.6) is 0 Å². The fourth-order valence-electron chi connectivity index (χ4n) is 2.95. The SMILES string of the molecule is CCC[N+]12CCC(CC1)CC2. The number of hydrogen-bond donors (Lipinski definition) is 0. The quantitative estimate of drug-likeness (QED) is 0.534. The molecule has 0 unspecified atom stereocenters. The Bertz CT molecular complexity index is 114. The molecule has 0 aromatic carbocycles. The average molecular weight is 154 g/mol. The molecule has 0 aromatic heterocycles. The summed E-state index contributed by atoms with van der Waals surface area (Å²) in [5.74, 6) is 1.12. The highest BCUT2D eigenvalue weighted by Crippen LogP contribution is 2.33. The van der Waals surface area contributed by atoms with Crippen LogP contribution in [-0.2, 0) is 0 Å². The van der Waals surface area contributed by atoms with Crippen molar-refractivity contribution in [3.8, 4) is 0 Å². The van der Waals surface area contributed by atoms with Crippen molar-refractivity contribution in [1.29, 1.82) is 0 Å². The summed E-state index contributed by atoms with van der Waals surface area (Å²) < 4.78 is 1.48. The molecule has 3 fully saturated rings. The second-order valence-corrected chi connectivity index (χ2v) is 4.47. The van der Waals surface area contributed by atoms with E-state index < -0.39 is 0 Å². The first-order valence-electron chi connectivity index (χ1n) is 5.20. The van der Waals surface area contributed by atoms with Crippen LogP contribution in [0.4, 0.5) is 0 Å². The number of hydrogen-bond acceptors (Lipinski definition) is 0. The highest BCUT2D eigenvalue weighted by molar-refractivity contribution is 4.71. The van der Waals surface area contributed by atoms with Crippen LogP contribution in [-0.4, -0.2) is 30.7 Å². The van der Waals surface area contributed by atoms with Crippen molar-refractivity contribution in [1.82, 2.24) is 0 Å². The first-order chi connectivity index (χ1) is 5.35. The summed E-state index contributed by atoms with van der Waals surface area (Å²) >= 11 is 0. The van der Waals surface area contributed by atoms with Crippen molar-refractivity contribution in [3.63, 3.8) is 0 Å². The Balaban J connectivity index is 2.00. The van der Waals surface area contributed by atoms with E-state index in [1.54, 1.807) is 0 Å². The van der Waals surface area contributed by atoms with Gasteiger partial charge in [-0.1, -0.05) is 6.92 Å². The van der Waals surface area contributed by atoms with Crippen LogP contribution in [0, 0.1) is 5.92 Å². The maximum Gasteiger partial charge on any atom is 0.0789 e. The van der Waals surface area contributed by atoms with Gasteiger partial charge in [-0.2, -0.15) is 0 Å². The van der Waals surface area contributed by atoms with Gasteiger partial charge in [-0.05, 0) is 31.6 Å². The van der Waals surface area contributed by atoms with Crippen LogP contribution in [0.25, 0.3) is 0 Å². The van der Waals surface area contributed by atoms with Crippen LogP contribution in [0.1, 0.15) is 32.6 Å². The van der Waals surface area contributed by atoms with Crippen LogP contribution in [0.15, 0.2) is 0 Å². The summed E-state index contributed by atoms with van der Waals surface area (Å²) in [6.07, 6.45) is 5.96. The molecule has 11 heavy (non-hydrogen) atoms. The second-order valence-electron chi connectivity index (χ2n) is 4.47. The van der Waals surface area contributed by atoms with Gasteiger partial charge in [0, 0.05) is 0 Å². The molecule has 2 bridgehead atoms. The Kier molecular flexibility index (Phi) is 1.92. The predicted octanol–water partition coefficient (Wildman–Crippen LogP) is 2.03. The Labute approximate surface area is 70.0 Å². The lowest BCUT2D eigenvalue weighted by atomic mass is 9.85. The predicted molar refractivity (Wildman–Crippen MR) is 47.4 cm³/mol. The first kappa shape index (κ1) is 7.60. The van der Waals surface area contributed by atoms with Crippen molar-refractivity contribution in [2.24, 2.45) is 5.92 Å². The van der Waals surface area contributed by atoms with Gasteiger partial charge in [-0.25, -0.2) is 0 Å². The molecule has 3 rings (SSSR count). The first-order valence-corrected chi connectivity index (χ1v) is 5.20. The number of nitrogens with zero attached hydrogens (tertiary/aromatic N) is 1. The third kappa shape index (κ3) is 1.31. The second kappa shape index (κ2) is 2.78. The van der Waals surface area contributed by atoms with Gasteiger partial charge in [0.1, 0.15) is 0 Å². The molecule has 0 aromatic rings. The van der Waals surface area contributed by atoms with Gasteiger partial charge in [0.2, 0.25) is 0 Å². The van der Waals surface area contributed by atoms with Crippen LogP contribution in [0.2, 0.25) is 0 Å². The fraction of sp³-hybridized carbons (Fsp3) is 1.00. The van der Waals surface area contributed by atoms with Crippen molar-refractivity contribution < 1.29 is 4.48 Å². The van der Waals surface area contributed by atoms with Gasteiger partial charge in [0.05, 0.1) is 26.2 Å². The van der Waals surface area contributed by atoms with E-state index in [2.05, 4.69) is 6.92 Å². The number of rotatable bonds is 2. The third-order valence-electron chi connectivity index (χ3n) is 3.73. The van der Waals surface area contributed by atoms with Gasteiger partial charge in [-0.15, -0.1) is 0 Å². The van der Waals surface area contributed by atoms with E-state index in [4.69, 9.17) is 0 Å². The van der Waals surface area contributed by atoms with E-state index in [0.29, 0.717) is 0 Å². The number of fused-ring (bicyclic) bond motifs is 3. The zero-order valence-corrected chi connectivity index (χ0v) is 7.68. The van der Waals surface area contributed by atoms with E-state index in [-0.39, 0.29) is 0 Å². The van der Waals surface area contributed by atoms with E-state index in [1.807, 2.05) is 0 Å². The minimum absolute atomic E-state index is 1.12.